The maximum atomic E-state index is 14.1. The third kappa shape index (κ3) is 11.8. The van der Waals surface area contributed by atoms with Crippen molar-refractivity contribution in [3.63, 3.8) is 0 Å². The molecular formula is C48H56ClF3N7O7PS2. The van der Waals surface area contributed by atoms with E-state index in [4.69, 9.17) is 16.3 Å². The van der Waals surface area contributed by atoms with E-state index in [1.807, 2.05) is 21.8 Å². The van der Waals surface area contributed by atoms with E-state index in [1.54, 1.807) is 44.1 Å². The van der Waals surface area contributed by atoms with Crippen LogP contribution in [0.4, 0.5) is 24.5 Å². The Bertz CT molecular complexity index is 3040. The zero-order valence-corrected chi connectivity index (χ0v) is 42.1. The number of carbonyl (C=O) groups is 1. The summed E-state index contributed by atoms with van der Waals surface area (Å²) in [5.74, 6) is -0.954. The summed E-state index contributed by atoms with van der Waals surface area (Å²) in [6, 6.07) is 17.9. The van der Waals surface area contributed by atoms with Crippen molar-refractivity contribution >= 4 is 72.5 Å². The number of hydrogen-bond donors (Lipinski definition) is 3. The Balaban J connectivity index is 1.03. The summed E-state index contributed by atoms with van der Waals surface area (Å²) in [5.41, 5.74) is -1.04. The number of anilines is 2. The molecule has 2 saturated heterocycles. The molecule has 14 nitrogen and oxygen atoms in total. The number of carbonyl (C=O) groups excluding carboxylic acids is 1. The molecule has 3 N–H and O–H groups in total. The number of nitrogens with one attached hydrogen (secondary N) is 3. The number of nitrogens with zero attached hydrogens (tertiary/aromatic N) is 4. The van der Waals surface area contributed by atoms with Gasteiger partial charge in [-0.3, -0.25) is 9.69 Å². The number of benzene rings is 3. The van der Waals surface area contributed by atoms with Gasteiger partial charge >= 0.3 is 5.51 Å². The van der Waals surface area contributed by atoms with Crippen molar-refractivity contribution in [1.82, 2.24) is 24.5 Å². The number of rotatable bonds is 14. The van der Waals surface area contributed by atoms with Crippen LogP contribution in [0.2, 0.25) is 5.02 Å². The van der Waals surface area contributed by atoms with E-state index >= 15 is 0 Å². The number of alkyl halides is 3. The van der Waals surface area contributed by atoms with Crippen molar-refractivity contribution in [1.29, 1.82) is 0 Å². The predicted molar refractivity (Wildman–Crippen MR) is 264 cm³/mol. The SMILES string of the molecule is CC(CN1CCP(C)(=O)CC1)Nc1ccc(S(=O)(=O)NC(=O)c2ccc(N3CCN(CC4=C(c5ccc(Cl)cc5)CC(C)(C)CC4)CC3)cc2Oc2cnc3[nH]ccc3c2)cc1S(=O)(=O)C(F)(F)F. The molecule has 0 radical (unpaired) electrons. The molecule has 69 heavy (non-hydrogen) atoms. The van der Waals surface area contributed by atoms with Gasteiger partial charge in [-0.05, 0) is 104 Å². The summed E-state index contributed by atoms with van der Waals surface area (Å²) in [6.07, 6.45) is 7.15. The summed E-state index contributed by atoms with van der Waals surface area (Å²) in [4.78, 5) is 25.8. The molecular weight excluding hydrogens is 974 g/mol. The minimum atomic E-state index is -6.10. The van der Waals surface area contributed by atoms with E-state index in [1.165, 1.54) is 29.0 Å². The molecule has 0 saturated carbocycles. The van der Waals surface area contributed by atoms with Gasteiger partial charge in [-0.25, -0.2) is 26.5 Å². The molecule has 2 aliphatic heterocycles. The molecule has 0 spiro atoms. The Kier molecular flexibility index (Phi) is 14.4. The Morgan fingerprint density at radius 2 is 1.65 bits per heavy atom. The molecule has 1 unspecified atom stereocenters. The highest BCUT2D eigenvalue weighted by Gasteiger charge is 2.48. The van der Waals surface area contributed by atoms with Crippen molar-refractivity contribution in [2.45, 2.75) is 61.4 Å². The van der Waals surface area contributed by atoms with E-state index in [2.05, 4.69) is 51.1 Å². The van der Waals surface area contributed by atoms with Crippen molar-refractivity contribution in [3.8, 4) is 11.5 Å². The Hall–Kier alpha value is -4.91. The van der Waals surface area contributed by atoms with Crippen molar-refractivity contribution in [2.75, 3.05) is 81.6 Å². The first-order valence-corrected chi connectivity index (χ1v) is 28.6. The average molecular weight is 1030 g/mol. The van der Waals surface area contributed by atoms with Crippen LogP contribution in [0.5, 0.6) is 11.5 Å². The molecule has 1 aliphatic carbocycles. The lowest BCUT2D eigenvalue weighted by Crippen LogP contribution is -2.47. The van der Waals surface area contributed by atoms with Crippen LogP contribution in [0.1, 0.15) is 56.0 Å². The fourth-order valence-electron chi connectivity index (χ4n) is 9.16. The van der Waals surface area contributed by atoms with E-state index in [-0.39, 0.29) is 22.5 Å². The molecule has 3 aliphatic rings. The van der Waals surface area contributed by atoms with Crippen LogP contribution >= 0.6 is 18.7 Å². The van der Waals surface area contributed by atoms with Crippen molar-refractivity contribution in [2.24, 2.45) is 5.41 Å². The van der Waals surface area contributed by atoms with Gasteiger partial charge in [0, 0.05) is 99.1 Å². The summed E-state index contributed by atoms with van der Waals surface area (Å²) in [7, 11) is -13.4. The van der Waals surface area contributed by atoms with E-state index in [0.717, 1.165) is 51.0 Å². The van der Waals surface area contributed by atoms with Crippen LogP contribution in [0, 0.1) is 5.41 Å². The first-order valence-electron chi connectivity index (χ1n) is 22.7. The molecule has 4 heterocycles. The number of amides is 1. The summed E-state index contributed by atoms with van der Waals surface area (Å²) in [6.45, 7) is 12.8. The molecule has 21 heteroatoms. The Morgan fingerprint density at radius 1 is 0.942 bits per heavy atom. The standard InChI is InChI=1S/C48H56ClF3N7O7PS2/c1-32(30-58-21-23-67(4,61)24-22-58)55-42-12-10-39(27-44(42)68(62,63)48(50,51)52)69(64,65)56-46(60)40-11-9-37(26-43(40)66-38-25-34-14-16-53-45(34)54-29-38)59-19-17-57(18-20-59)31-35-13-15-47(2,3)28-41(35)33-5-7-36(49)8-6-33/h5-12,14,16,25-27,29,32,55H,13,15,17-24,28,30-31H2,1-4H3,(H,53,54)(H,56,60). The fraction of sp³-hybridized carbons (Fsp3) is 0.417. The summed E-state index contributed by atoms with van der Waals surface area (Å²) >= 11 is 6.23. The molecule has 8 rings (SSSR count). The number of aromatic amines is 1. The lowest BCUT2D eigenvalue weighted by molar-refractivity contribution is -0.0435. The lowest BCUT2D eigenvalue weighted by Gasteiger charge is -2.39. The zero-order chi connectivity index (χ0) is 49.5. The number of ether oxygens (including phenoxy) is 1. The molecule has 5 aromatic rings. The van der Waals surface area contributed by atoms with Gasteiger partial charge in [-0.1, -0.05) is 43.2 Å². The van der Waals surface area contributed by atoms with E-state index in [0.29, 0.717) is 72.9 Å². The van der Waals surface area contributed by atoms with Gasteiger partial charge in [0.1, 0.15) is 22.0 Å². The van der Waals surface area contributed by atoms with Crippen LogP contribution in [0.15, 0.2) is 101 Å². The number of halogens is 4. The zero-order valence-electron chi connectivity index (χ0n) is 38.8. The van der Waals surface area contributed by atoms with Gasteiger partial charge in [0.25, 0.3) is 25.8 Å². The Labute approximate surface area is 406 Å². The van der Waals surface area contributed by atoms with Crippen molar-refractivity contribution < 1.29 is 44.1 Å². The third-order valence-corrected chi connectivity index (χ3v) is 18.5. The van der Waals surface area contributed by atoms with Gasteiger partial charge in [0.05, 0.1) is 29.5 Å². The van der Waals surface area contributed by atoms with Crippen LogP contribution in [-0.4, -0.2) is 125 Å². The van der Waals surface area contributed by atoms with Gasteiger partial charge < -0.3 is 29.4 Å². The minimum absolute atomic E-state index is 0.0220. The monoisotopic (exact) mass is 1030 g/mol. The average Bonchev–Trinajstić information content (AvgIpc) is 3.76. The number of aromatic nitrogens is 2. The molecule has 1 amide bonds. The van der Waals surface area contributed by atoms with Crippen LogP contribution in [0.25, 0.3) is 16.6 Å². The number of fused-ring (bicyclic) bond motifs is 1. The maximum absolute atomic E-state index is 14.1. The largest absolute Gasteiger partial charge is 0.501 e. The predicted octanol–water partition coefficient (Wildman–Crippen LogP) is 9.32. The maximum Gasteiger partial charge on any atom is 0.501 e. The number of pyridine rings is 1. The second-order valence-electron chi connectivity index (χ2n) is 19.2. The van der Waals surface area contributed by atoms with Crippen LogP contribution in [0.3, 0.4) is 0 Å². The highest BCUT2D eigenvalue weighted by Crippen LogP contribution is 2.45. The summed E-state index contributed by atoms with van der Waals surface area (Å²) in [5, 5.41) is 4.20. The topological polar surface area (TPSA) is 174 Å². The lowest BCUT2D eigenvalue weighted by atomic mass is 9.72. The first kappa shape index (κ1) is 50.5. The highest BCUT2D eigenvalue weighted by molar-refractivity contribution is 7.92. The third-order valence-electron chi connectivity index (χ3n) is 13.1. The van der Waals surface area contributed by atoms with E-state index < -0.39 is 59.9 Å². The number of hydrogen-bond acceptors (Lipinski definition) is 12. The Morgan fingerprint density at radius 3 is 2.35 bits per heavy atom. The minimum Gasteiger partial charge on any atom is -0.455 e. The molecule has 3 aromatic carbocycles. The normalized spacial score (nSPS) is 18.8. The second-order valence-corrected chi connectivity index (χ2v) is 26.7. The molecule has 1 atom stereocenters. The summed E-state index contributed by atoms with van der Waals surface area (Å²) < 4.78 is 117. The van der Waals surface area contributed by atoms with Gasteiger partial charge in [0.15, 0.2) is 0 Å². The molecule has 0 bridgehead atoms. The van der Waals surface area contributed by atoms with Gasteiger partial charge in [-0.2, -0.15) is 13.2 Å². The van der Waals surface area contributed by atoms with Crippen molar-refractivity contribution in [3.05, 3.63) is 107 Å². The quantitative estimate of drug-likeness (QED) is 0.0901. The number of piperazine rings is 1. The fourth-order valence-corrected chi connectivity index (χ4v) is 12.9. The van der Waals surface area contributed by atoms with E-state index in [9.17, 15) is 39.4 Å². The number of sulfonamides is 1. The molecule has 2 aromatic heterocycles. The van der Waals surface area contributed by atoms with Crippen LogP contribution in [-0.2, 0) is 24.4 Å². The van der Waals surface area contributed by atoms with Crippen LogP contribution < -0.4 is 19.7 Å². The number of H-pyrrole nitrogens is 1. The smallest absolute Gasteiger partial charge is 0.455 e. The molecule has 2 fully saturated rings. The molecule has 370 valence electrons. The second kappa shape index (κ2) is 19.7. The highest BCUT2D eigenvalue weighted by atomic mass is 35.5. The van der Waals surface area contributed by atoms with Gasteiger partial charge in [-0.15, -0.1) is 0 Å². The first-order chi connectivity index (χ1) is 32.4. The number of sulfone groups is 1. The number of allylic oxidation sites excluding steroid dienone is 1. The van der Waals surface area contributed by atoms with Gasteiger partial charge in [0.2, 0.25) is 0 Å².